The number of anilines is 1. The molecule has 0 unspecified atom stereocenters. The number of nitrogens with zero attached hydrogens (tertiary/aromatic N) is 4. The van der Waals surface area contributed by atoms with Gasteiger partial charge >= 0.3 is 0 Å². The van der Waals surface area contributed by atoms with Crippen LogP contribution in [0.25, 0.3) is 0 Å². The topological polar surface area (TPSA) is 130 Å². The Bertz CT molecular complexity index is 1270. The minimum absolute atomic E-state index is 0.0160. The van der Waals surface area contributed by atoms with E-state index in [1.54, 1.807) is 30.3 Å². The van der Waals surface area contributed by atoms with Gasteiger partial charge in [0.05, 0.1) is 23.4 Å². The second-order valence-corrected chi connectivity index (χ2v) is 12.9. The lowest BCUT2D eigenvalue weighted by molar-refractivity contribution is -0.127. The van der Waals surface area contributed by atoms with Crippen LogP contribution < -0.4 is 5.32 Å². The fraction of sp³-hybridized carbons (Fsp3) is 0.520. The molecule has 2 heterocycles. The summed E-state index contributed by atoms with van der Waals surface area (Å²) in [5, 5.41) is 7.01. The lowest BCUT2D eigenvalue weighted by Gasteiger charge is -2.20. The molecule has 1 aromatic carbocycles. The number of nitrogens with one attached hydrogen (secondary N) is 1. The predicted octanol–water partition coefficient (Wildman–Crippen LogP) is 2.14. The van der Waals surface area contributed by atoms with Crippen molar-refractivity contribution in [3.63, 3.8) is 0 Å². The molecule has 4 rings (SSSR count). The van der Waals surface area contributed by atoms with Crippen LogP contribution in [0.2, 0.25) is 0 Å². The van der Waals surface area contributed by atoms with E-state index in [0.29, 0.717) is 62.8 Å². The van der Waals surface area contributed by atoms with Gasteiger partial charge in [0.2, 0.25) is 5.91 Å². The van der Waals surface area contributed by atoms with Gasteiger partial charge in [0.1, 0.15) is 0 Å². The van der Waals surface area contributed by atoms with Crippen molar-refractivity contribution in [2.24, 2.45) is 5.16 Å². The zero-order chi connectivity index (χ0) is 27.3. The van der Waals surface area contributed by atoms with Crippen LogP contribution in [-0.4, -0.2) is 92.5 Å². The highest BCUT2D eigenvalue weighted by Gasteiger charge is 2.36. The molecule has 1 N–H and O–H groups in total. The van der Waals surface area contributed by atoms with Crippen LogP contribution in [0.1, 0.15) is 36.6 Å². The lowest BCUT2D eigenvalue weighted by Crippen LogP contribution is -2.33. The van der Waals surface area contributed by atoms with Crippen molar-refractivity contribution in [1.29, 1.82) is 0 Å². The first-order chi connectivity index (χ1) is 18.1. The van der Waals surface area contributed by atoms with Crippen LogP contribution in [0, 0.1) is 0 Å². The summed E-state index contributed by atoms with van der Waals surface area (Å²) in [4.78, 5) is 39.4. The smallest absolute Gasteiger partial charge is 0.280 e. The number of sulfone groups is 1. The maximum atomic E-state index is 13.2. The predicted molar refractivity (Wildman–Crippen MR) is 144 cm³/mol. The number of amides is 2. The molecule has 2 aliphatic rings. The van der Waals surface area contributed by atoms with E-state index in [4.69, 9.17) is 9.57 Å². The first kappa shape index (κ1) is 28.1. The van der Waals surface area contributed by atoms with Gasteiger partial charge in [-0.15, -0.1) is 11.3 Å². The molecule has 11 nitrogen and oxygen atoms in total. The monoisotopic (exact) mass is 563 g/mol. The van der Waals surface area contributed by atoms with Gasteiger partial charge in [0.15, 0.2) is 26.8 Å². The average Bonchev–Trinajstić information content (AvgIpc) is 3.47. The van der Waals surface area contributed by atoms with Crippen LogP contribution in [0.4, 0.5) is 5.13 Å². The Labute approximate surface area is 226 Å². The Balaban J connectivity index is 1.44. The van der Waals surface area contributed by atoms with Gasteiger partial charge in [-0.05, 0) is 32.0 Å². The molecule has 0 spiro atoms. The normalized spacial score (nSPS) is 18.0. The number of oxime groups is 1. The van der Waals surface area contributed by atoms with E-state index in [9.17, 15) is 18.0 Å². The third kappa shape index (κ3) is 7.37. The van der Waals surface area contributed by atoms with E-state index in [2.05, 4.69) is 20.4 Å². The number of likely N-dealkylation sites (N-methyl/N-ethyl adjacent to an activating group) is 2. The Hall–Kier alpha value is -2.87. The van der Waals surface area contributed by atoms with Crippen molar-refractivity contribution in [2.75, 3.05) is 45.7 Å². The molecule has 1 aromatic heterocycles. The number of hydrogen-bond donors (Lipinski definition) is 1. The van der Waals surface area contributed by atoms with E-state index in [1.807, 2.05) is 7.05 Å². The first-order valence-electron chi connectivity index (χ1n) is 12.5. The number of aromatic nitrogens is 1. The summed E-state index contributed by atoms with van der Waals surface area (Å²) in [5.74, 6) is -0.499. The standard InChI is InChI=1S/C25H33N5O6S2/c1-17(31)30(3)12-11-29(2)15-20-14-26-25(37-20)27-24(32)23(28-36-19-10-13-35-16-19)18-4-6-21(7-5-18)38(33,34)22-8-9-22/h4-7,14,19,22H,8-13,15-16H2,1-3H3,(H,26,27,32)/b28-23+/t19-/m1/s1. The summed E-state index contributed by atoms with van der Waals surface area (Å²) < 4.78 is 30.4. The van der Waals surface area contributed by atoms with Gasteiger partial charge in [-0.25, -0.2) is 13.4 Å². The second-order valence-electron chi connectivity index (χ2n) is 9.56. The number of hydrogen-bond acceptors (Lipinski definition) is 10. The van der Waals surface area contributed by atoms with E-state index >= 15 is 0 Å². The molecule has 2 amide bonds. The molecule has 1 saturated carbocycles. The minimum atomic E-state index is -3.34. The van der Waals surface area contributed by atoms with Crippen LogP contribution >= 0.6 is 11.3 Å². The average molecular weight is 564 g/mol. The highest BCUT2D eigenvalue weighted by Crippen LogP contribution is 2.33. The number of carbonyl (C=O) groups excluding carboxylic acids is 2. The number of thiazole rings is 1. The summed E-state index contributed by atoms with van der Waals surface area (Å²) in [6.45, 7) is 4.41. The molecular formula is C25H33N5O6S2. The molecule has 0 bridgehead atoms. The van der Waals surface area contributed by atoms with Crippen molar-refractivity contribution < 1.29 is 27.6 Å². The second kappa shape index (κ2) is 12.3. The summed E-state index contributed by atoms with van der Waals surface area (Å²) in [5.41, 5.74) is 0.454. The molecule has 2 aromatic rings. The SMILES string of the molecule is CC(=O)N(C)CCN(C)Cc1cnc(NC(=O)/C(=N/O[C@@H]2CCOC2)c2ccc(S(=O)(=O)C3CC3)cc2)s1. The summed E-state index contributed by atoms with van der Waals surface area (Å²) in [7, 11) is 0.372. The molecule has 1 saturated heterocycles. The molecule has 2 fully saturated rings. The van der Waals surface area contributed by atoms with Crippen LogP contribution in [-0.2, 0) is 35.5 Å². The maximum Gasteiger partial charge on any atom is 0.280 e. The van der Waals surface area contributed by atoms with Crippen LogP contribution in [0.5, 0.6) is 0 Å². The largest absolute Gasteiger partial charge is 0.389 e. The number of ether oxygens (including phenoxy) is 1. The molecule has 1 atom stereocenters. The Morgan fingerprint density at radius 1 is 1.18 bits per heavy atom. The maximum absolute atomic E-state index is 13.2. The van der Waals surface area contributed by atoms with Gasteiger partial charge in [-0.2, -0.15) is 0 Å². The highest BCUT2D eigenvalue weighted by molar-refractivity contribution is 7.92. The van der Waals surface area contributed by atoms with Crippen molar-refractivity contribution in [1.82, 2.24) is 14.8 Å². The number of carbonyl (C=O) groups is 2. The van der Waals surface area contributed by atoms with Gasteiger partial charge in [-0.1, -0.05) is 17.3 Å². The Kier molecular flexibility index (Phi) is 9.13. The van der Waals surface area contributed by atoms with Gasteiger partial charge in [0, 0.05) is 56.7 Å². The molecule has 1 aliphatic carbocycles. The first-order valence-corrected chi connectivity index (χ1v) is 14.8. The summed E-state index contributed by atoms with van der Waals surface area (Å²) in [6, 6.07) is 6.15. The summed E-state index contributed by atoms with van der Waals surface area (Å²) >= 11 is 1.34. The van der Waals surface area contributed by atoms with E-state index in [1.165, 1.54) is 30.4 Å². The number of benzene rings is 1. The molecule has 13 heteroatoms. The lowest BCUT2D eigenvalue weighted by atomic mass is 10.1. The van der Waals surface area contributed by atoms with Crippen molar-refractivity contribution >= 4 is 43.8 Å². The molecule has 38 heavy (non-hydrogen) atoms. The van der Waals surface area contributed by atoms with Crippen LogP contribution in [0.15, 0.2) is 40.5 Å². The Morgan fingerprint density at radius 2 is 1.92 bits per heavy atom. The fourth-order valence-corrected chi connectivity index (χ4v) is 6.28. The highest BCUT2D eigenvalue weighted by atomic mass is 32.2. The van der Waals surface area contributed by atoms with Crippen molar-refractivity contribution in [2.45, 2.75) is 49.0 Å². The van der Waals surface area contributed by atoms with E-state index in [0.717, 1.165) is 4.88 Å². The van der Waals surface area contributed by atoms with Gasteiger partial charge < -0.3 is 14.5 Å². The third-order valence-electron chi connectivity index (χ3n) is 6.37. The Morgan fingerprint density at radius 3 is 2.55 bits per heavy atom. The zero-order valence-electron chi connectivity index (χ0n) is 21.8. The molecule has 0 radical (unpaired) electrons. The quantitative estimate of drug-likeness (QED) is 0.307. The fourth-order valence-electron chi connectivity index (χ4n) is 3.74. The number of rotatable bonds is 12. The minimum Gasteiger partial charge on any atom is -0.389 e. The molecular weight excluding hydrogens is 530 g/mol. The third-order valence-corrected chi connectivity index (χ3v) is 9.55. The summed E-state index contributed by atoms with van der Waals surface area (Å²) in [6.07, 6.45) is 3.47. The zero-order valence-corrected chi connectivity index (χ0v) is 23.4. The van der Waals surface area contributed by atoms with E-state index < -0.39 is 15.7 Å². The molecule has 206 valence electrons. The van der Waals surface area contributed by atoms with Gasteiger partial charge in [-0.3, -0.25) is 19.8 Å². The van der Waals surface area contributed by atoms with Gasteiger partial charge in [0.25, 0.3) is 5.91 Å². The van der Waals surface area contributed by atoms with E-state index in [-0.39, 0.29) is 27.9 Å². The van der Waals surface area contributed by atoms with Crippen LogP contribution in [0.3, 0.4) is 0 Å². The molecule has 1 aliphatic heterocycles. The van der Waals surface area contributed by atoms with Crippen molar-refractivity contribution in [3.05, 3.63) is 40.9 Å². The van der Waals surface area contributed by atoms with Crippen molar-refractivity contribution in [3.8, 4) is 0 Å².